The molecule has 1 heterocycles. The van der Waals surface area contributed by atoms with Gasteiger partial charge in [-0.3, -0.25) is 9.78 Å². The first-order valence-corrected chi connectivity index (χ1v) is 4.18. The van der Waals surface area contributed by atoms with Crippen molar-refractivity contribution in [3.05, 3.63) is 30.1 Å². The normalized spacial score (nSPS) is 10.4. The van der Waals surface area contributed by atoms with Gasteiger partial charge in [-0.1, -0.05) is 6.07 Å². The van der Waals surface area contributed by atoms with Gasteiger partial charge in [0.2, 0.25) is 0 Å². The predicted molar refractivity (Wildman–Crippen MR) is 60.9 cm³/mol. The summed E-state index contributed by atoms with van der Waals surface area (Å²) >= 11 is 0. The number of nitrogens with zero attached hydrogens (tertiary/aromatic N) is 2. The summed E-state index contributed by atoms with van der Waals surface area (Å²) in [7, 11) is 0. The molecule has 5 nitrogen and oxygen atoms in total. The number of nitrogens with one attached hydrogen (secondary N) is 1. The zero-order chi connectivity index (χ0) is 10.4. The van der Waals surface area contributed by atoms with Crippen LogP contribution in [-0.2, 0) is 4.79 Å². The summed E-state index contributed by atoms with van der Waals surface area (Å²) < 4.78 is 0. The number of hydrazone groups is 1. The molecule has 0 unspecified atom stereocenters. The van der Waals surface area contributed by atoms with Crippen LogP contribution < -0.4 is 11.2 Å². The van der Waals surface area contributed by atoms with E-state index in [1.165, 1.54) is 0 Å². The Kier molecular flexibility index (Phi) is 6.24. The van der Waals surface area contributed by atoms with Gasteiger partial charge in [-0.25, -0.2) is 5.43 Å². The fourth-order valence-corrected chi connectivity index (χ4v) is 0.826. The third kappa shape index (κ3) is 4.53. The summed E-state index contributed by atoms with van der Waals surface area (Å²) in [6.45, 7) is 1.69. The number of hydrogen-bond donors (Lipinski definition) is 2. The fraction of sp³-hybridized carbons (Fsp3) is 0.222. The lowest BCUT2D eigenvalue weighted by molar-refractivity contribution is -0.119. The minimum Gasteiger partial charge on any atom is -0.322 e. The molecule has 0 bridgehead atoms. The van der Waals surface area contributed by atoms with Crippen molar-refractivity contribution in [2.75, 3.05) is 6.54 Å². The first-order valence-electron chi connectivity index (χ1n) is 4.18. The highest BCUT2D eigenvalue weighted by Crippen LogP contribution is 1.94. The molecule has 0 saturated carbocycles. The van der Waals surface area contributed by atoms with Crippen molar-refractivity contribution in [3.63, 3.8) is 0 Å². The summed E-state index contributed by atoms with van der Waals surface area (Å²) in [6.07, 6.45) is 1.67. The van der Waals surface area contributed by atoms with E-state index >= 15 is 0 Å². The number of aromatic nitrogens is 1. The molecule has 3 N–H and O–H groups in total. The van der Waals surface area contributed by atoms with E-state index < -0.39 is 0 Å². The Morgan fingerprint density at radius 2 is 2.33 bits per heavy atom. The molecule has 0 aromatic carbocycles. The van der Waals surface area contributed by atoms with Crippen molar-refractivity contribution >= 4 is 24.0 Å². The van der Waals surface area contributed by atoms with E-state index in [1.807, 2.05) is 18.2 Å². The summed E-state index contributed by atoms with van der Waals surface area (Å²) in [5.74, 6) is -0.319. The molecule has 1 aromatic heterocycles. The largest absolute Gasteiger partial charge is 0.322 e. The van der Waals surface area contributed by atoms with Gasteiger partial charge in [-0.15, -0.1) is 12.4 Å². The number of carbonyl (C=O) groups excluding carboxylic acids is 1. The van der Waals surface area contributed by atoms with Crippen LogP contribution in [-0.4, -0.2) is 23.1 Å². The zero-order valence-corrected chi connectivity index (χ0v) is 9.12. The average Bonchev–Trinajstić information content (AvgIpc) is 2.26. The second-order valence-electron chi connectivity index (χ2n) is 2.65. The molecule has 0 atom stereocenters. The quantitative estimate of drug-likeness (QED) is 0.577. The van der Waals surface area contributed by atoms with Crippen LogP contribution in [0.5, 0.6) is 0 Å². The molecule has 82 valence electrons. The molecule has 1 aromatic rings. The van der Waals surface area contributed by atoms with Crippen molar-refractivity contribution in [3.8, 4) is 0 Å². The van der Waals surface area contributed by atoms with Crippen molar-refractivity contribution in [1.82, 2.24) is 10.4 Å². The van der Waals surface area contributed by atoms with Crippen LogP contribution in [0.25, 0.3) is 0 Å². The van der Waals surface area contributed by atoms with Crippen molar-refractivity contribution < 1.29 is 4.79 Å². The standard InChI is InChI=1S/C9H12N4O.ClH/c1-7(12-13-9(14)6-10)8-4-2-3-5-11-8;/h2-5H,6,10H2,1H3,(H,13,14);1H/b12-7-;. The molecular formula is C9H13ClN4O. The lowest BCUT2D eigenvalue weighted by atomic mass is 10.3. The number of amides is 1. The molecule has 15 heavy (non-hydrogen) atoms. The van der Waals surface area contributed by atoms with Crippen LogP contribution in [0.15, 0.2) is 29.5 Å². The van der Waals surface area contributed by atoms with Gasteiger partial charge in [0.25, 0.3) is 5.91 Å². The molecule has 0 saturated heterocycles. The minimum absolute atomic E-state index is 0. The van der Waals surface area contributed by atoms with Gasteiger partial charge in [0.05, 0.1) is 18.0 Å². The van der Waals surface area contributed by atoms with Gasteiger partial charge in [-0.2, -0.15) is 5.10 Å². The van der Waals surface area contributed by atoms with Crippen LogP contribution in [0.1, 0.15) is 12.6 Å². The molecule has 0 aliphatic heterocycles. The van der Waals surface area contributed by atoms with Crippen LogP contribution in [0, 0.1) is 0 Å². The summed E-state index contributed by atoms with van der Waals surface area (Å²) in [5, 5.41) is 3.84. The summed E-state index contributed by atoms with van der Waals surface area (Å²) in [6, 6.07) is 5.48. The molecule has 1 rings (SSSR count). The maximum Gasteiger partial charge on any atom is 0.253 e. The monoisotopic (exact) mass is 228 g/mol. The molecule has 6 heteroatoms. The van der Waals surface area contributed by atoms with Crippen molar-refractivity contribution in [1.29, 1.82) is 0 Å². The van der Waals surface area contributed by atoms with Gasteiger partial charge in [0.15, 0.2) is 0 Å². The maximum absolute atomic E-state index is 10.8. The molecule has 0 radical (unpaired) electrons. The second kappa shape index (κ2) is 6.92. The zero-order valence-electron chi connectivity index (χ0n) is 8.30. The van der Waals surface area contributed by atoms with Gasteiger partial charge < -0.3 is 5.73 Å². The molecule has 0 fully saturated rings. The predicted octanol–water partition coefficient (Wildman–Crippen LogP) is 0.302. The third-order valence-electron chi connectivity index (χ3n) is 1.57. The topological polar surface area (TPSA) is 80.4 Å². The SMILES string of the molecule is C/C(=N/NC(=O)CN)c1ccccn1.Cl. The summed E-state index contributed by atoms with van der Waals surface area (Å²) in [4.78, 5) is 14.9. The maximum atomic E-state index is 10.8. The Hall–Kier alpha value is -1.46. The van der Waals surface area contributed by atoms with E-state index in [1.54, 1.807) is 13.1 Å². The smallest absolute Gasteiger partial charge is 0.253 e. The van der Waals surface area contributed by atoms with Crippen LogP contribution in [0.3, 0.4) is 0 Å². The van der Waals surface area contributed by atoms with E-state index in [-0.39, 0.29) is 24.9 Å². The van der Waals surface area contributed by atoms with Crippen LogP contribution >= 0.6 is 12.4 Å². The van der Waals surface area contributed by atoms with E-state index in [0.717, 1.165) is 5.69 Å². The number of pyridine rings is 1. The molecular weight excluding hydrogens is 216 g/mol. The fourth-order valence-electron chi connectivity index (χ4n) is 0.826. The molecule has 0 spiro atoms. The van der Waals surface area contributed by atoms with E-state index in [2.05, 4.69) is 15.5 Å². The third-order valence-corrected chi connectivity index (χ3v) is 1.57. The highest BCUT2D eigenvalue weighted by atomic mass is 35.5. The number of halogens is 1. The van der Waals surface area contributed by atoms with Crippen molar-refractivity contribution in [2.45, 2.75) is 6.92 Å². The molecule has 0 aliphatic carbocycles. The van der Waals surface area contributed by atoms with Crippen LogP contribution in [0.2, 0.25) is 0 Å². The highest BCUT2D eigenvalue weighted by molar-refractivity contribution is 5.97. The Balaban J connectivity index is 0.00000196. The van der Waals surface area contributed by atoms with Gasteiger partial charge in [-0.05, 0) is 19.1 Å². The first-order chi connectivity index (χ1) is 6.74. The first kappa shape index (κ1) is 13.5. The number of rotatable bonds is 3. The summed E-state index contributed by atoms with van der Waals surface area (Å²) in [5.41, 5.74) is 8.79. The van der Waals surface area contributed by atoms with E-state index in [4.69, 9.17) is 5.73 Å². The van der Waals surface area contributed by atoms with Crippen LogP contribution in [0.4, 0.5) is 0 Å². The van der Waals surface area contributed by atoms with Gasteiger partial charge >= 0.3 is 0 Å². The van der Waals surface area contributed by atoms with Gasteiger partial charge in [0.1, 0.15) is 0 Å². The van der Waals surface area contributed by atoms with E-state index in [0.29, 0.717) is 5.71 Å². The lowest BCUT2D eigenvalue weighted by Crippen LogP contribution is -2.27. The molecule has 0 aliphatic rings. The Bertz CT molecular complexity index is 339. The Morgan fingerprint density at radius 1 is 1.60 bits per heavy atom. The minimum atomic E-state index is -0.319. The highest BCUT2D eigenvalue weighted by Gasteiger charge is 1.98. The Labute approximate surface area is 94.2 Å². The van der Waals surface area contributed by atoms with Gasteiger partial charge in [0, 0.05) is 6.20 Å². The number of carbonyl (C=O) groups is 1. The van der Waals surface area contributed by atoms with E-state index in [9.17, 15) is 4.79 Å². The second-order valence-corrected chi connectivity index (χ2v) is 2.65. The number of nitrogens with two attached hydrogens (primary N) is 1. The Morgan fingerprint density at radius 3 is 2.87 bits per heavy atom. The lowest BCUT2D eigenvalue weighted by Gasteiger charge is -1.99. The average molecular weight is 229 g/mol. The number of hydrogen-bond acceptors (Lipinski definition) is 4. The molecule has 1 amide bonds. The van der Waals surface area contributed by atoms with Crippen molar-refractivity contribution in [2.24, 2.45) is 10.8 Å².